The molecule has 0 spiro atoms. The van der Waals surface area contributed by atoms with Crippen molar-refractivity contribution < 1.29 is 33.7 Å². The van der Waals surface area contributed by atoms with Crippen LogP contribution in [0.15, 0.2) is 84.2 Å². The summed E-state index contributed by atoms with van der Waals surface area (Å²) in [5.74, 6) is 1.62. The van der Waals surface area contributed by atoms with E-state index in [-0.39, 0.29) is 24.0 Å². The van der Waals surface area contributed by atoms with E-state index in [1.807, 2.05) is 60.0 Å². The molecular weight excluding hydrogens is 455 g/mol. The average molecular weight is 472 g/mol. The third-order valence-electron chi connectivity index (χ3n) is 3.92. The highest BCUT2D eigenvalue weighted by Gasteiger charge is 2.07. The molecule has 0 aliphatic rings. The van der Waals surface area contributed by atoms with Crippen LogP contribution in [-0.4, -0.2) is 0 Å². The summed E-state index contributed by atoms with van der Waals surface area (Å²) < 4.78 is 5.93. The van der Waals surface area contributed by atoms with Gasteiger partial charge in [-0.2, -0.15) is 0 Å². The van der Waals surface area contributed by atoms with Gasteiger partial charge in [0.25, 0.3) is 0 Å². The van der Waals surface area contributed by atoms with Gasteiger partial charge in [0.15, 0.2) is 0 Å². The molecule has 0 aliphatic carbocycles. The molecular formula is C21H17IN2OS. The molecule has 0 saturated heterocycles. The maximum Gasteiger partial charge on any atom is 0.329 e. The van der Waals surface area contributed by atoms with E-state index >= 15 is 0 Å². The standard InChI is InChI=1S/C21H16N2OS.HI/c22-21-23-20(14-25-21)17-8-12-19(13-9-17)24-18-10-6-16(7-11-18)15-4-2-1-3-5-15;/h1-14H,(H2,22,23);1H. The van der Waals surface area contributed by atoms with Gasteiger partial charge in [-0.25, -0.2) is 4.98 Å². The number of thiazole rings is 1. The molecule has 1 aromatic heterocycles. The predicted octanol–water partition coefficient (Wildman–Crippen LogP) is 2.27. The minimum Gasteiger partial charge on any atom is -1.00 e. The topological polar surface area (TPSA) is 49.4 Å². The molecule has 0 saturated carbocycles. The number of nitrogens with one attached hydrogen (secondary N) is 1. The highest BCUT2D eigenvalue weighted by atomic mass is 127. The van der Waals surface area contributed by atoms with Crippen LogP contribution in [0.3, 0.4) is 0 Å². The first-order valence-corrected chi connectivity index (χ1v) is 8.86. The normalized spacial score (nSPS) is 10.2. The molecule has 0 atom stereocenters. The van der Waals surface area contributed by atoms with Crippen molar-refractivity contribution in [2.75, 3.05) is 5.73 Å². The number of aromatic amines is 1. The van der Waals surface area contributed by atoms with Crippen LogP contribution < -0.4 is 39.4 Å². The number of rotatable bonds is 4. The van der Waals surface area contributed by atoms with Gasteiger partial charge in [-0.15, -0.1) is 0 Å². The van der Waals surface area contributed by atoms with Gasteiger partial charge in [-0.3, -0.25) is 5.73 Å². The molecule has 5 heteroatoms. The fourth-order valence-corrected chi connectivity index (χ4v) is 3.25. The van der Waals surface area contributed by atoms with Crippen LogP contribution in [0.25, 0.3) is 22.4 Å². The molecule has 26 heavy (non-hydrogen) atoms. The number of anilines is 1. The lowest BCUT2D eigenvalue weighted by molar-refractivity contribution is -0.340. The summed E-state index contributed by atoms with van der Waals surface area (Å²) in [6.45, 7) is 0. The van der Waals surface area contributed by atoms with Gasteiger partial charge in [-0.05, 0) is 47.5 Å². The molecule has 0 amide bonds. The summed E-state index contributed by atoms with van der Waals surface area (Å²) in [5.41, 5.74) is 10.2. The minimum absolute atomic E-state index is 0. The van der Waals surface area contributed by atoms with Crippen molar-refractivity contribution in [3.8, 4) is 33.9 Å². The van der Waals surface area contributed by atoms with E-state index in [2.05, 4.69) is 29.2 Å². The Labute approximate surface area is 173 Å². The van der Waals surface area contributed by atoms with Crippen LogP contribution >= 0.6 is 11.3 Å². The highest BCUT2D eigenvalue weighted by molar-refractivity contribution is 7.13. The van der Waals surface area contributed by atoms with E-state index in [1.165, 1.54) is 22.5 Å². The Morgan fingerprint density at radius 2 is 1.23 bits per heavy atom. The third-order valence-corrected chi connectivity index (χ3v) is 4.63. The van der Waals surface area contributed by atoms with Gasteiger partial charge in [0, 0.05) is 10.9 Å². The average Bonchev–Trinajstić information content (AvgIpc) is 3.10. The maximum atomic E-state index is 5.93. The largest absolute Gasteiger partial charge is 1.00 e. The summed E-state index contributed by atoms with van der Waals surface area (Å²) in [4.78, 5) is 3.14. The minimum atomic E-state index is 0. The van der Waals surface area contributed by atoms with Gasteiger partial charge < -0.3 is 28.7 Å². The van der Waals surface area contributed by atoms with Crippen LogP contribution in [0.2, 0.25) is 0 Å². The zero-order valence-corrected chi connectivity index (χ0v) is 16.8. The number of aromatic nitrogens is 1. The summed E-state index contributed by atoms with van der Waals surface area (Å²) in [6, 6.07) is 26.4. The van der Waals surface area contributed by atoms with Crippen LogP contribution in [0.5, 0.6) is 11.5 Å². The van der Waals surface area contributed by atoms with Gasteiger partial charge >= 0.3 is 5.13 Å². The van der Waals surface area contributed by atoms with Crippen LogP contribution in [0, 0.1) is 0 Å². The number of hydrogen-bond donors (Lipinski definition) is 1. The van der Waals surface area contributed by atoms with Crippen molar-refractivity contribution in [3.05, 3.63) is 84.2 Å². The number of hydrogen-bond acceptors (Lipinski definition) is 3. The Kier molecular flexibility index (Phi) is 5.90. The van der Waals surface area contributed by atoms with E-state index in [1.54, 1.807) is 0 Å². The summed E-state index contributed by atoms with van der Waals surface area (Å²) >= 11 is 1.50. The molecule has 0 fully saturated rings. The second kappa shape index (κ2) is 8.33. The van der Waals surface area contributed by atoms with Crippen molar-refractivity contribution >= 4 is 16.5 Å². The second-order valence-corrected chi connectivity index (χ2v) is 6.57. The number of H-pyrrole nitrogens is 1. The number of nitrogens with two attached hydrogens (primary N) is 1. The lowest BCUT2D eigenvalue weighted by atomic mass is 10.1. The molecule has 130 valence electrons. The molecule has 0 radical (unpaired) electrons. The van der Waals surface area contributed by atoms with E-state index < -0.39 is 0 Å². The molecule has 3 N–H and O–H groups in total. The van der Waals surface area contributed by atoms with E-state index in [9.17, 15) is 0 Å². The Hall–Kier alpha value is -2.38. The molecule has 4 rings (SSSR count). The lowest BCUT2D eigenvalue weighted by Gasteiger charge is -2.07. The monoisotopic (exact) mass is 472 g/mol. The lowest BCUT2D eigenvalue weighted by Crippen LogP contribution is -3.00. The van der Waals surface area contributed by atoms with Gasteiger partial charge in [0.2, 0.25) is 0 Å². The molecule has 3 aromatic carbocycles. The van der Waals surface area contributed by atoms with Gasteiger partial charge in [-0.1, -0.05) is 53.8 Å². The SMILES string of the molecule is Nc1[nH+]c(-c2ccc(Oc3ccc(-c4ccccc4)cc3)cc2)cs1.[I-]. The Morgan fingerprint density at radius 1 is 0.692 bits per heavy atom. The van der Waals surface area contributed by atoms with Crippen molar-refractivity contribution in [2.45, 2.75) is 0 Å². The maximum absolute atomic E-state index is 5.93. The molecule has 4 aromatic rings. The van der Waals surface area contributed by atoms with E-state index in [4.69, 9.17) is 10.5 Å². The van der Waals surface area contributed by atoms with Crippen molar-refractivity contribution in [1.82, 2.24) is 0 Å². The second-order valence-electron chi connectivity index (χ2n) is 5.66. The Morgan fingerprint density at radius 3 is 1.77 bits per heavy atom. The number of benzene rings is 3. The zero-order valence-electron chi connectivity index (χ0n) is 13.9. The predicted molar refractivity (Wildman–Crippen MR) is 103 cm³/mol. The Bertz CT molecular complexity index is 967. The van der Waals surface area contributed by atoms with Crippen LogP contribution in [-0.2, 0) is 0 Å². The quantitative estimate of drug-likeness (QED) is 0.464. The number of nitrogen functional groups attached to an aromatic ring is 1. The molecule has 0 aliphatic heterocycles. The van der Waals surface area contributed by atoms with E-state index in [0.29, 0.717) is 5.13 Å². The fraction of sp³-hybridized carbons (Fsp3) is 0. The van der Waals surface area contributed by atoms with Crippen LogP contribution in [0.4, 0.5) is 5.13 Å². The van der Waals surface area contributed by atoms with Crippen molar-refractivity contribution in [1.29, 1.82) is 0 Å². The van der Waals surface area contributed by atoms with E-state index in [0.717, 1.165) is 22.8 Å². The highest BCUT2D eigenvalue weighted by Crippen LogP contribution is 2.27. The molecule has 3 nitrogen and oxygen atoms in total. The molecule has 0 unspecified atom stereocenters. The van der Waals surface area contributed by atoms with Crippen LogP contribution in [0.1, 0.15) is 0 Å². The fourth-order valence-electron chi connectivity index (χ4n) is 2.64. The first-order chi connectivity index (χ1) is 12.3. The third kappa shape index (κ3) is 4.23. The van der Waals surface area contributed by atoms with Gasteiger partial charge in [0.1, 0.15) is 17.2 Å². The summed E-state index contributed by atoms with van der Waals surface area (Å²) in [5, 5.41) is 2.71. The first kappa shape index (κ1) is 18.4. The summed E-state index contributed by atoms with van der Waals surface area (Å²) in [7, 11) is 0. The van der Waals surface area contributed by atoms with Gasteiger partial charge in [0.05, 0.1) is 0 Å². The Balaban J connectivity index is 0.00000196. The molecule has 0 bridgehead atoms. The number of halogens is 1. The first-order valence-electron chi connectivity index (χ1n) is 7.98. The summed E-state index contributed by atoms with van der Waals surface area (Å²) in [6.07, 6.45) is 0. The molecule has 1 heterocycles. The smallest absolute Gasteiger partial charge is 0.329 e. The van der Waals surface area contributed by atoms with Crippen molar-refractivity contribution in [2.24, 2.45) is 0 Å². The number of ether oxygens (including phenoxy) is 1. The zero-order chi connectivity index (χ0) is 17.1. The van der Waals surface area contributed by atoms with Crippen molar-refractivity contribution in [3.63, 3.8) is 0 Å².